The van der Waals surface area contributed by atoms with Gasteiger partial charge in [-0.15, -0.1) is 0 Å². The number of hydrogen-bond donors (Lipinski definition) is 3. The quantitative estimate of drug-likeness (QED) is 0.730. The molecule has 0 unspecified atom stereocenters. The van der Waals surface area contributed by atoms with Crippen LogP contribution in [0, 0.1) is 13.8 Å². The molecule has 0 aromatic heterocycles. The van der Waals surface area contributed by atoms with E-state index in [0.717, 1.165) is 29.0 Å². The number of aliphatic carboxylic acids is 1. The van der Waals surface area contributed by atoms with E-state index in [2.05, 4.69) is 10.6 Å². The Balaban J connectivity index is 2.04. The minimum absolute atomic E-state index is 0.252. The van der Waals surface area contributed by atoms with Crippen molar-refractivity contribution in [3.05, 3.63) is 71.3 Å². The molecule has 128 valence electrons. The van der Waals surface area contributed by atoms with E-state index < -0.39 is 11.9 Å². The van der Waals surface area contributed by atoms with Gasteiger partial charge in [0.1, 0.15) is 0 Å². The second-order valence-electron chi connectivity index (χ2n) is 5.44. The standard InChI is InChI=1S/C19H18N2O4/c1-12-4-3-5-16(13(12)2)21-19(25)14-6-8-15(9-7-14)20-17(22)10-11-18(23)24/h3-11H,1-2H3,(H,20,22)(H,21,25)(H,23,24)/b11-10-. The predicted octanol–water partition coefficient (Wildman–Crippen LogP) is 3.14. The number of benzene rings is 2. The van der Waals surface area contributed by atoms with Gasteiger partial charge in [0.2, 0.25) is 5.91 Å². The number of nitrogens with one attached hydrogen (secondary N) is 2. The molecule has 6 heteroatoms. The summed E-state index contributed by atoms with van der Waals surface area (Å²) in [4.78, 5) is 34.2. The molecule has 0 saturated heterocycles. The monoisotopic (exact) mass is 338 g/mol. The van der Waals surface area contributed by atoms with Gasteiger partial charge in [-0.05, 0) is 55.3 Å². The molecule has 2 rings (SSSR count). The Hall–Kier alpha value is -3.41. The second kappa shape index (κ2) is 7.92. The van der Waals surface area contributed by atoms with Gasteiger partial charge >= 0.3 is 5.97 Å². The molecule has 0 heterocycles. The molecular formula is C19H18N2O4. The zero-order valence-corrected chi connectivity index (χ0v) is 13.9. The lowest BCUT2D eigenvalue weighted by atomic mass is 10.1. The van der Waals surface area contributed by atoms with Crippen LogP contribution in [0.5, 0.6) is 0 Å². The van der Waals surface area contributed by atoms with Crippen LogP contribution >= 0.6 is 0 Å². The maximum absolute atomic E-state index is 12.3. The molecule has 0 aliphatic heterocycles. The zero-order chi connectivity index (χ0) is 18.4. The van der Waals surface area contributed by atoms with E-state index in [0.29, 0.717) is 11.3 Å². The average molecular weight is 338 g/mol. The van der Waals surface area contributed by atoms with Gasteiger partial charge in [-0.1, -0.05) is 12.1 Å². The number of carbonyl (C=O) groups is 3. The van der Waals surface area contributed by atoms with Crippen molar-refractivity contribution in [1.29, 1.82) is 0 Å². The van der Waals surface area contributed by atoms with E-state index >= 15 is 0 Å². The third kappa shape index (κ3) is 5.04. The highest BCUT2D eigenvalue weighted by Gasteiger charge is 2.09. The third-order valence-corrected chi connectivity index (χ3v) is 3.64. The number of anilines is 2. The van der Waals surface area contributed by atoms with Gasteiger partial charge < -0.3 is 15.7 Å². The first-order valence-electron chi connectivity index (χ1n) is 7.56. The Morgan fingerprint density at radius 2 is 1.60 bits per heavy atom. The highest BCUT2D eigenvalue weighted by Crippen LogP contribution is 2.19. The van der Waals surface area contributed by atoms with Gasteiger partial charge in [0.15, 0.2) is 0 Å². The summed E-state index contributed by atoms with van der Waals surface area (Å²) in [6.45, 7) is 3.91. The summed E-state index contributed by atoms with van der Waals surface area (Å²) in [6, 6.07) is 12.0. The lowest BCUT2D eigenvalue weighted by Crippen LogP contribution is -2.13. The number of aryl methyl sites for hydroxylation is 1. The Bertz CT molecular complexity index is 839. The van der Waals surface area contributed by atoms with Crippen molar-refractivity contribution in [2.75, 3.05) is 10.6 Å². The second-order valence-corrected chi connectivity index (χ2v) is 5.44. The van der Waals surface area contributed by atoms with Crippen LogP contribution in [0.15, 0.2) is 54.6 Å². The summed E-state index contributed by atoms with van der Waals surface area (Å²) in [5, 5.41) is 13.8. The Kier molecular flexibility index (Phi) is 5.68. The van der Waals surface area contributed by atoms with Crippen molar-refractivity contribution in [1.82, 2.24) is 0 Å². The minimum Gasteiger partial charge on any atom is -0.478 e. The van der Waals surface area contributed by atoms with Crippen molar-refractivity contribution >= 4 is 29.2 Å². The lowest BCUT2D eigenvalue weighted by Gasteiger charge is -2.10. The van der Waals surface area contributed by atoms with Crippen LogP contribution in [0.25, 0.3) is 0 Å². The fourth-order valence-electron chi connectivity index (χ4n) is 2.12. The van der Waals surface area contributed by atoms with Crippen molar-refractivity contribution in [2.45, 2.75) is 13.8 Å². The normalized spacial score (nSPS) is 10.5. The molecule has 0 atom stereocenters. The van der Waals surface area contributed by atoms with Gasteiger partial charge in [-0.3, -0.25) is 9.59 Å². The summed E-state index contributed by atoms with van der Waals surface area (Å²) in [6.07, 6.45) is 1.67. The smallest absolute Gasteiger partial charge is 0.328 e. The molecule has 2 amide bonds. The summed E-state index contributed by atoms with van der Waals surface area (Å²) in [5.74, 6) is -2.01. The molecule has 0 radical (unpaired) electrons. The molecule has 0 saturated carbocycles. The number of carboxylic acid groups (broad SMARTS) is 1. The molecule has 0 spiro atoms. The lowest BCUT2D eigenvalue weighted by molar-refractivity contribution is -0.131. The van der Waals surface area contributed by atoms with E-state index in [4.69, 9.17) is 5.11 Å². The molecule has 0 fully saturated rings. The molecule has 0 aliphatic carbocycles. The van der Waals surface area contributed by atoms with Gasteiger partial charge in [-0.2, -0.15) is 0 Å². The summed E-state index contributed by atoms with van der Waals surface area (Å²) in [5.41, 5.74) is 3.75. The molecular weight excluding hydrogens is 320 g/mol. The average Bonchev–Trinajstić information content (AvgIpc) is 2.58. The largest absolute Gasteiger partial charge is 0.478 e. The zero-order valence-electron chi connectivity index (χ0n) is 13.9. The SMILES string of the molecule is Cc1cccc(NC(=O)c2ccc(NC(=O)/C=C\C(=O)O)cc2)c1C. The maximum Gasteiger partial charge on any atom is 0.328 e. The molecule has 6 nitrogen and oxygen atoms in total. The fraction of sp³-hybridized carbons (Fsp3) is 0.105. The molecule has 2 aromatic rings. The van der Waals surface area contributed by atoms with Crippen molar-refractivity contribution in [3.8, 4) is 0 Å². The number of rotatable bonds is 5. The predicted molar refractivity (Wildman–Crippen MR) is 95.7 cm³/mol. The van der Waals surface area contributed by atoms with Crippen molar-refractivity contribution in [3.63, 3.8) is 0 Å². The summed E-state index contributed by atoms with van der Waals surface area (Å²) >= 11 is 0. The summed E-state index contributed by atoms with van der Waals surface area (Å²) < 4.78 is 0. The van der Waals surface area contributed by atoms with E-state index in [9.17, 15) is 14.4 Å². The van der Waals surface area contributed by atoms with Crippen LogP contribution in [0.2, 0.25) is 0 Å². The minimum atomic E-state index is -1.20. The van der Waals surface area contributed by atoms with Crippen molar-refractivity contribution in [2.24, 2.45) is 0 Å². The highest BCUT2D eigenvalue weighted by molar-refractivity contribution is 6.05. The van der Waals surface area contributed by atoms with Crippen LogP contribution in [0.1, 0.15) is 21.5 Å². The van der Waals surface area contributed by atoms with Crippen LogP contribution in [0.4, 0.5) is 11.4 Å². The number of carbonyl (C=O) groups excluding carboxylic acids is 2. The molecule has 0 bridgehead atoms. The fourth-order valence-corrected chi connectivity index (χ4v) is 2.12. The van der Waals surface area contributed by atoms with E-state index in [1.54, 1.807) is 24.3 Å². The third-order valence-electron chi connectivity index (χ3n) is 3.64. The first-order chi connectivity index (χ1) is 11.9. The van der Waals surface area contributed by atoms with E-state index in [-0.39, 0.29) is 5.91 Å². The first kappa shape index (κ1) is 17.9. The van der Waals surface area contributed by atoms with Crippen LogP contribution in [-0.2, 0) is 9.59 Å². The van der Waals surface area contributed by atoms with Gasteiger partial charge in [0, 0.05) is 29.1 Å². The summed E-state index contributed by atoms with van der Waals surface area (Å²) in [7, 11) is 0. The highest BCUT2D eigenvalue weighted by atomic mass is 16.4. The topological polar surface area (TPSA) is 95.5 Å². The maximum atomic E-state index is 12.3. The Morgan fingerprint density at radius 1 is 0.920 bits per heavy atom. The van der Waals surface area contributed by atoms with Gasteiger partial charge in [-0.25, -0.2) is 4.79 Å². The molecule has 25 heavy (non-hydrogen) atoms. The van der Waals surface area contributed by atoms with Crippen LogP contribution < -0.4 is 10.6 Å². The Labute approximate surface area is 145 Å². The van der Waals surface area contributed by atoms with Gasteiger partial charge in [0.25, 0.3) is 5.91 Å². The first-order valence-corrected chi connectivity index (χ1v) is 7.56. The molecule has 2 aromatic carbocycles. The number of hydrogen-bond acceptors (Lipinski definition) is 3. The van der Waals surface area contributed by atoms with Crippen molar-refractivity contribution < 1.29 is 19.5 Å². The Morgan fingerprint density at radius 3 is 2.24 bits per heavy atom. The van der Waals surface area contributed by atoms with Crippen LogP contribution in [-0.4, -0.2) is 22.9 Å². The van der Waals surface area contributed by atoms with Gasteiger partial charge in [0.05, 0.1) is 0 Å². The molecule has 0 aliphatic rings. The van der Waals surface area contributed by atoms with E-state index in [1.165, 1.54) is 0 Å². The molecule has 3 N–H and O–H groups in total. The van der Waals surface area contributed by atoms with E-state index in [1.807, 2.05) is 32.0 Å². The van der Waals surface area contributed by atoms with Crippen LogP contribution in [0.3, 0.4) is 0 Å². The number of amides is 2. The number of carboxylic acids is 1.